The first-order valence-electron chi connectivity index (χ1n) is 8.88. The molecule has 4 nitrogen and oxygen atoms in total. The Bertz CT molecular complexity index is 1130. The number of rotatable bonds is 5. The van der Waals surface area contributed by atoms with Crippen LogP contribution >= 0.6 is 11.3 Å². The van der Waals surface area contributed by atoms with Crippen LogP contribution in [0.4, 0.5) is 0 Å². The maximum Gasteiger partial charge on any atom is 0.262 e. The zero-order valence-electron chi connectivity index (χ0n) is 15.3. The topological polar surface area (TPSA) is 44.1 Å². The number of aryl methyl sites for hydroxylation is 2. The lowest BCUT2D eigenvalue weighted by Crippen LogP contribution is -2.26. The van der Waals surface area contributed by atoms with Crippen molar-refractivity contribution in [2.24, 2.45) is 0 Å². The van der Waals surface area contributed by atoms with Crippen molar-refractivity contribution in [3.8, 4) is 16.2 Å². The monoisotopic (exact) mass is 376 g/mol. The number of hydrogen-bond donors (Lipinski definition) is 0. The van der Waals surface area contributed by atoms with Crippen LogP contribution in [0, 0.1) is 13.8 Å². The summed E-state index contributed by atoms with van der Waals surface area (Å²) >= 11 is 1.55. The maximum atomic E-state index is 13.0. The smallest absolute Gasteiger partial charge is 0.262 e. The Morgan fingerprint density at radius 1 is 1.04 bits per heavy atom. The molecule has 0 aliphatic rings. The number of fused-ring (bicyclic) bond motifs is 1. The normalized spacial score (nSPS) is 11.0. The summed E-state index contributed by atoms with van der Waals surface area (Å²) in [5.41, 5.74) is 2.28. The zero-order chi connectivity index (χ0) is 18.8. The van der Waals surface area contributed by atoms with E-state index in [0.717, 1.165) is 21.0 Å². The van der Waals surface area contributed by atoms with Gasteiger partial charge in [-0.2, -0.15) is 0 Å². The lowest BCUT2D eigenvalue weighted by atomic mass is 10.2. The molecule has 4 rings (SSSR count). The molecule has 0 spiro atoms. The average molecular weight is 376 g/mol. The van der Waals surface area contributed by atoms with Gasteiger partial charge in [0.05, 0.1) is 11.9 Å². The van der Waals surface area contributed by atoms with Crippen LogP contribution in [0.25, 0.3) is 20.7 Å². The zero-order valence-corrected chi connectivity index (χ0v) is 16.1. The Morgan fingerprint density at radius 3 is 2.52 bits per heavy atom. The van der Waals surface area contributed by atoms with Gasteiger partial charge in [0.1, 0.15) is 23.0 Å². The third-order valence-electron chi connectivity index (χ3n) is 4.50. The van der Waals surface area contributed by atoms with E-state index in [4.69, 9.17) is 4.74 Å². The fourth-order valence-corrected chi connectivity index (χ4v) is 4.09. The standard InChI is InChI=1S/C22H20N2O2S/c1-15-8-10-18(11-9-15)26-13-12-24-16(2)23-21-19(22(24)25)14-20(27-21)17-6-4-3-5-7-17/h3-11,14H,12-13H2,1-2H3. The molecule has 2 aromatic carbocycles. The SMILES string of the molecule is Cc1ccc(OCCn2c(C)nc3sc(-c4ccccc4)cc3c2=O)cc1. The van der Waals surface area contributed by atoms with Gasteiger partial charge in [-0.25, -0.2) is 4.98 Å². The molecule has 27 heavy (non-hydrogen) atoms. The van der Waals surface area contributed by atoms with E-state index in [1.807, 2.05) is 74.5 Å². The van der Waals surface area contributed by atoms with Gasteiger partial charge in [-0.05, 0) is 37.6 Å². The minimum absolute atomic E-state index is 0.0107. The molecule has 0 aliphatic carbocycles. The molecule has 136 valence electrons. The summed E-state index contributed by atoms with van der Waals surface area (Å²) in [4.78, 5) is 19.4. The lowest BCUT2D eigenvalue weighted by Gasteiger charge is -2.10. The maximum absolute atomic E-state index is 13.0. The van der Waals surface area contributed by atoms with Crippen LogP contribution in [-0.4, -0.2) is 16.2 Å². The molecular weight excluding hydrogens is 356 g/mol. The quantitative estimate of drug-likeness (QED) is 0.501. The minimum atomic E-state index is -0.0107. The molecule has 0 radical (unpaired) electrons. The average Bonchev–Trinajstić information content (AvgIpc) is 3.11. The van der Waals surface area contributed by atoms with E-state index in [-0.39, 0.29) is 5.56 Å². The summed E-state index contributed by atoms with van der Waals surface area (Å²) in [7, 11) is 0. The Morgan fingerprint density at radius 2 is 1.78 bits per heavy atom. The molecule has 5 heteroatoms. The summed E-state index contributed by atoms with van der Waals surface area (Å²) in [5.74, 6) is 1.52. The van der Waals surface area contributed by atoms with Crippen molar-refractivity contribution in [1.82, 2.24) is 9.55 Å². The van der Waals surface area contributed by atoms with E-state index < -0.39 is 0 Å². The van der Waals surface area contributed by atoms with Crippen LogP contribution in [-0.2, 0) is 6.54 Å². The van der Waals surface area contributed by atoms with Gasteiger partial charge in [-0.1, -0.05) is 48.0 Å². The van der Waals surface area contributed by atoms with Crippen LogP contribution in [0.15, 0.2) is 65.5 Å². The van der Waals surface area contributed by atoms with Crippen molar-refractivity contribution in [2.75, 3.05) is 6.61 Å². The number of hydrogen-bond acceptors (Lipinski definition) is 4. The highest BCUT2D eigenvalue weighted by Gasteiger charge is 2.13. The molecule has 2 heterocycles. The molecule has 2 aromatic heterocycles. The first-order valence-corrected chi connectivity index (χ1v) is 9.69. The summed E-state index contributed by atoms with van der Waals surface area (Å²) < 4.78 is 7.47. The van der Waals surface area contributed by atoms with Gasteiger partial charge in [-0.15, -0.1) is 11.3 Å². The summed E-state index contributed by atoms with van der Waals surface area (Å²) in [5, 5.41) is 0.666. The van der Waals surface area contributed by atoms with Gasteiger partial charge < -0.3 is 4.74 Å². The van der Waals surface area contributed by atoms with E-state index >= 15 is 0 Å². The molecule has 0 unspecified atom stereocenters. The van der Waals surface area contributed by atoms with E-state index in [0.29, 0.717) is 24.4 Å². The Kier molecular flexibility index (Phi) is 4.77. The van der Waals surface area contributed by atoms with E-state index in [1.54, 1.807) is 15.9 Å². The van der Waals surface area contributed by atoms with Crippen molar-refractivity contribution in [3.05, 3.63) is 82.4 Å². The number of ether oxygens (including phenoxy) is 1. The van der Waals surface area contributed by atoms with Crippen molar-refractivity contribution in [3.63, 3.8) is 0 Å². The predicted molar refractivity (Wildman–Crippen MR) is 111 cm³/mol. The molecule has 0 fully saturated rings. The molecule has 0 atom stereocenters. The van der Waals surface area contributed by atoms with Gasteiger partial charge in [0, 0.05) is 4.88 Å². The highest BCUT2D eigenvalue weighted by molar-refractivity contribution is 7.21. The second-order valence-electron chi connectivity index (χ2n) is 6.47. The van der Waals surface area contributed by atoms with Crippen molar-refractivity contribution < 1.29 is 4.74 Å². The molecule has 0 saturated carbocycles. The number of thiophene rings is 1. The summed E-state index contributed by atoms with van der Waals surface area (Å²) in [6.07, 6.45) is 0. The van der Waals surface area contributed by atoms with E-state index in [9.17, 15) is 4.79 Å². The van der Waals surface area contributed by atoms with Crippen LogP contribution < -0.4 is 10.3 Å². The Balaban J connectivity index is 1.59. The third-order valence-corrected chi connectivity index (χ3v) is 5.58. The van der Waals surface area contributed by atoms with E-state index in [2.05, 4.69) is 4.98 Å². The second-order valence-corrected chi connectivity index (χ2v) is 7.50. The van der Waals surface area contributed by atoms with Crippen LogP contribution in [0.3, 0.4) is 0 Å². The molecule has 0 aliphatic heterocycles. The fraction of sp³-hybridized carbons (Fsp3) is 0.182. The summed E-state index contributed by atoms with van der Waals surface area (Å²) in [6.45, 7) is 4.80. The number of nitrogens with zero attached hydrogens (tertiary/aromatic N) is 2. The molecule has 0 N–H and O–H groups in total. The van der Waals surface area contributed by atoms with Crippen molar-refractivity contribution in [1.29, 1.82) is 0 Å². The Labute approximate surface area is 161 Å². The van der Waals surface area contributed by atoms with Gasteiger partial charge in [0.15, 0.2) is 0 Å². The highest BCUT2D eigenvalue weighted by Crippen LogP contribution is 2.30. The van der Waals surface area contributed by atoms with Gasteiger partial charge in [0.25, 0.3) is 5.56 Å². The fourth-order valence-electron chi connectivity index (χ4n) is 3.01. The molecule has 0 bridgehead atoms. The largest absolute Gasteiger partial charge is 0.492 e. The third kappa shape index (κ3) is 3.64. The second kappa shape index (κ2) is 7.37. The van der Waals surface area contributed by atoms with Crippen molar-refractivity contribution in [2.45, 2.75) is 20.4 Å². The number of aromatic nitrogens is 2. The van der Waals surface area contributed by atoms with Gasteiger partial charge in [-0.3, -0.25) is 9.36 Å². The highest BCUT2D eigenvalue weighted by atomic mass is 32.1. The molecule has 4 aromatic rings. The molecular formula is C22H20N2O2S. The van der Waals surface area contributed by atoms with E-state index in [1.165, 1.54) is 5.56 Å². The number of benzene rings is 2. The van der Waals surface area contributed by atoms with Crippen LogP contribution in [0.5, 0.6) is 5.75 Å². The first kappa shape index (κ1) is 17.5. The summed E-state index contributed by atoms with van der Waals surface area (Å²) in [6, 6.07) is 19.9. The predicted octanol–water partition coefficient (Wildman–Crippen LogP) is 4.82. The van der Waals surface area contributed by atoms with Crippen molar-refractivity contribution >= 4 is 21.6 Å². The lowest BCUT2D eigenvalue weighted by molar-refractivity contribution is 0.294. The molecule has 0 amide bonds. The first-order chi connectivity index (χ1) is 13.1. The van der Waals surface area contributed by atoms with Gasteiger partial charge in [0.2, 0.25) is 0 Å². The van der Waals surface area contributed by atoms with Crippen LogP contribution in [0.1, 0.15) is 11.4 Å². The molecule has 0 saturated heterocycles. The van der Waals surface area contributed by atoms with Gasteiger partial charge >= 0.3 is 0 Å². The van der Waals surface area contributed by atoms with Crippen LogP contribution in [0.2, 0.25) is 0 Å². The minimum Gasteiger partial charge on any atom is -0.492 e. The Hall–Kier alpha value is -2.92.